The molecule has 0 aliphatic carbocycles. The highest BCUT2D eigenvalue weighted by Gasteiger charge is 2.20. The zero-order chi connectivity index (χ0) is 13.8. The van der Waals surface area contributed by atoms with E-state index in [4.69, 9.17) is 4.42 Å². The van der Waals surface area contributed by atoms with Crippen molar-refractivity contribution in [2.75, 3.05) is 6.54 Å². The molecule has 0 saturated carbocycles. The van der Waals surface area contributed by atoms with Crippen LogP contribution in [0.4, 0.5) is 0 Å². The standard InChI is InChI=1S/C16H23NOS/c1-5-17-15(9-8-14-7-6-10-19-14)16-11(2)12(3)18-13(16)4/h6-7,10,15,17H,5,8-9H2,1-4H3. The Morgan fingerprint density at radius 2 is 2.05 bits per heavy atom. The molecule has 2 nitrogen and oxygen atoms in total. The van der Waals surface area contributed by atoms with Crippen LogP contribution in [0.1, 0.15) is 46.9 Å². The van der Waals surface area contributed by atoms with Crippen molar-refractivity contribution in [2.24, 2.45) is 0 Å². The molecule has 0 amide bonds. The molecule has 1 atom stereocenters. The predicted molar refractivity (Wildman–Crippen MR) is 82.0 cm³/mol. The molecule has 2 heterocycles. The lowest BCUT2D eigenvalue weighted by molar-refractivity contribution is 0.475. The van der Waals surface area contributed by atoms with Gasteiger partial charge in [-0.05, 0) is 57.2 Å². The first-order valence-corrected chi connectivity index (χ1v) is 7.83. The van der Waals surface area contributed by atoms with E-state index in [1.165, 1.54) is 16.0 Å². The van der Waals surface area contributed by atoms with Crippen molar-refractivity contribution < 1.29 is 4.42 Å². The number of rotatable bonds is 6. The smallest absolute Gasteiger partial charge is 0.106 e. The van der Waals surface area contributed by atoms with E-state index in [1.807, 2.05) is 18.3 Å². The highest BCUT2D eigenvalue weighted by Crippen LogP contribution is 2.30. The first-order valence-electron chi connectivity index (χ1n) is 6.95. The van der Waals surface area contributed by atoms with Crippen molar-refractivity contribution in [1.82, 2.24) is 5.32 Å². The Labute approximate surface area is 119 Å². The summed E-state index contributed by atoms with van der Waals surface area (Å²) in [5.74, 6) is 2.11. The lowest BCUT2D eigenvalue weighted by Gasteiger charge is -2.18. The Hall–Kier alpha value is -1.06. The van der Waals surface area contributed by atoms with Gasteiger partial charge in [0.25, 0.3) is 0 Å². The van der Waals surface area contributed by atoms with Crippen LogP contribution in [0.3, 0.4) is 0 Å². The third-order valence-electron chi connectivity index (χ3n) is 3.68. The lowest BCUT2D eigenvalue weighted by atomic mass is 9.97. The van der Waals surface area contributed by atoms with Gasteiger partial charge in [0.05, 0.1) is 0 Å². The Morgan fingerprint density at radius 3 is 2.58 bits per heavy atom. The molecule has 0 aliphatic heterocycles. The molecule has 0 spiro atoms. The SMILES string of the molecule is CCNC(CCc1cccs1)c1c(C)oc(C)c1C. The molecule has 0 aliphatic rings. The minimum atomic E-state index is 0.393. The summed E-state index contributed by atoms with van der Waals surface area (Å²) >= 11 is 1.84. The summed E-state index contributed by atoms with van der Waals surface area (Å²) in [4.78, 5) is 1.46. The van der Waals surface area contributed by atoms with Crippen LogP contribution in [-0.2, 0) is 6.42 Å². The molecular formula is C16H23NOS. The maximum Gasteiger partial charge on any atom is 0.106 e. The zero-order valence-electron chi connectivity index (χ0n) is 12.2. The Morgan fingerprint density at radius 1 is 1.26 bits per heavy atom. The van der Waals surface area contributed by atoms with E-state index in [1.54, 1.807) is 0 Å². The summed E-state index contributed by atoms with van der Waals surface area (Å²) in [6.45, 7) is 9.43. The van der Waals surface area contributed by atoms with Gasteiger partial charge in [0.1, 0.15) is 11.5 Å². The number of aryl methyl sites for hydroxylation is 3. The first-order chi connectivity index (χ1) is 9.13. The maximum atomic E-state index is 5.77. The number of hydrogen-bond acceptors (Lipinski definition) is 3. The fourth-order valence-corrected chi connectivity index (χ4v) is 3.38. The van der Waals surface area contributed by atoms with E-state index in [2.05, 4.69) is 43.6 Å². The second-order valence-electron chi connectivity index (χ2n) is 4.98. The normalized spacial score (nSPS) is 12.8. The largest absolute Gasteiger partial charge is 0.466 e. The molecule has 1 N–H and O–H groups in total. The molecule has 104 valence electrons. The molecular weight excluding hydrogens is 254 g/mol. The quantitative estimate of drug-likeness (QED) is 0.838. The van der Waals surface area contributed by atoms with Gasteiger partial charge in [-0.25, -0.2) is 0 Å². The topological polar surface area (TPSA) is 25.2 Å². The van der Waals surface area contributed by atoms with E-state index >= 15 is 0 Å². The number of nitrogens with one attached hydrogen (secondary N) is 1. The van der Waals surface area contributed by atoms with Crippen LogP contribution in [0.2, 0.25) is 0 Å². The fraction of sp³-hybridized carbons (Fsp3) is 0.500. The van der Waals surface area contributed by atoms with Crippen molar-refractivity contribution in [3.63, 3.8) is 0 Å². The van der Waals surface area contributed by atoms with Crippen molar-refractivity contribution >= 4 is 11.3 Å². The van der Waals surface area contributed by atoms with Crippen molar-refractivity contribution in [2.45, 2.75) is 46.6 Å². The van der Waals surface area contributed by atoms with E-state index in [0.717, 1.165) is 30.9 Å². The second kappa shape index (κ2) is 6.40. The van der Waals surface area contributed by atoms with Gasteiger partial charge in [-0.2, -0.15) is 0 Å². The van der Waals surface area contributed by atoms with Gasteiger partial charge in [0.15, 0.2) is 0 Å². The highest BCUT2D eigenvalue weighted by atomic mass is 32.1. The first kappa shape index (κ1) is 14.4. The molecule has 0 bridgehead atoms. The molecule has 0 aromatic carbocycles. The molecule has 0 fully saturated rings. The minimum Gasteiger partial charge on any atom is -0.466 e. The zero-order valence-corrected chi connectivity index (χ0v) is 13.1. The summed E-state index contributed by atoms with van der Waals surface area (Å²) in [6, 6.07) is 4.74. The summed E-state index contributed by atoms with van der Waals surface area (Å²) in [5, 5.41) is 5.75. The third kappa shape index (κ3) is 3.28. The van der Waals surface area contributed by atoms with Gasteiger partial charge in [0.2, 0.25) is 0 Å². The van der Waals surface area contributed by atoms with Gasteiger partial charge in [-0.15, -0.1) is 11.3 Å². The number of thiophene rings is 1. The maximum absolute atomic E-state index is 5.77. The van der Waals surface area contributed by atoms with Gasteiger partial charge < -0.3 is 9.73 Å². The van der Waals surface area contributed by atoms with E-state index < -0.39 is 0 Å². The van der Waals surface area contributed by atoms with Gasteiger partial charge in [-0.3, -0.25) is 0 Å². The monoisotopic (exact) mass is 277 g/mol. The Kier molecular flexibility index (Phi) is 4.83. The van der Waals surface area contributed by atoms with E-state index in [-0.39, 0.29) is 0 Å². The molecule has 2 aromatic rings. The number of furan rings is 1. The summed E-state index contributed by atoms with van der Waals surface area (Å²) in [5.41, 5.74) is 2.66. The Balaban J connectivity index is 2.14. The van der Waals surface area contributed by atoms with Crippen molar-refractivity contribution in [3.05, 3.63) is 45.0 Å². The summed E-state index contributed by atoms with van der Waals surface area (Å²) in [7, 11) is 0. The van der Waals surface area contributed by atoms with Gasteiger partial charge in [0, 0.05) is 16.5 Å². The van der Waals surface area contributed by atoms with Crippen molar-refractivity contribution in [1.29, 1.82) is 0 Å². The molecule has 3 heteroatoms. The Bertz CT molecular complexity index is 513. The van der Waals surface area contributed by atoms with Crippen molar-refractivity contribution in [3.8, 4) is 0 Å². The fourth-order valence-electron chi connectivity index (χ4n) is 2.66. The molecule has 0 saturated heterocycles. The second-order valence-corrected chi connectivity index (χ2v) is 6.01. The van der Waals surface area contributed by atoms with E-state index in [0.29, 0.717) is 6.04 Å². The van der Waals surface area contributed by atoms with Crippen LogP contribution in [-0.4, -0.2) is 6.54 Å². The third-order valence-corrected chi connectivity index (χ3v) is 4.61. The lowest BCUT2D eigenvalue weighted by Crippen LogP contribution is -2.22. The average molecular weight is 277 g/mol. The van der Waals surface area contributed by atoms with Crippen LogP contribution in [0, 0.1) is 20.8 Å². The van der Waals surface area contributed by atoms with Gasteiger partial charge >= 0.3 is 0 Å². The highest BCUT2D eigenvalue weighted by molar-refractivity contribution is 7.09. The van der Waals surface area contributed by atoms with E-state index in [9.17, 15) is 0 Å². The van der Waals surface area contributed by atoms with Crippen LogP contribution < -0.4 is 5.32 Å². The van der Waals surface area contributed by atoms with Crippen LogP contribution >= 0.6 is 11.3 Å². The predicted octanol–water partition coefficient (Wildman–Crippen LogP) is 4.55. The van der Waals surface area contributed by atoms with Crippen LogP contribution in [0.5, 0.6) is 0 Å². The van der Waals surface area contributed by atoms with Crippen LogP contribution in [0.15, 0.2) is 21.9 Å². The summed E-state index contributed by atoms with van der Waals surface area (Å²) in [6.07, 6.45) is 2.24. The number of hydrogen-bond donors (Lipinski definition) is 1. The van der Waals surface area contributed by atoms with Gasteiger partial charge in [-0.1, -0.05) is 13.0 Å². The molecule has 2 aromatic heterocycles. The average Bonchev–Trinajstić information content (AvgIpc) is 2.96. The minimum absolute atomic E-state index is 0.393. The molecule has 0 radical (unpaired) electrons. The van der Waals surface area contributed by atoms with Crippen LogP contribution in [0.25, 0.3) is 0 Å². The molecule has 2 rings (SSSR count). The summed E-state index contributed by atoms with van der Waals surface area (Å²) < 4.78 is 5.77. The molecule has 19 heavy (non-hydrogen) atoms. The molecule has 1 unspecified atom stereocenters.